The van der Waals surface area contributed by atoms with Crippen molar-refractivity contribution in [3.63, 3.8) is 0 Å². The first kappa shape index (κ1) is 26.2. The molecule has 0 radical (unpaired) electrons. The molecule has 0 bridgehead atoms. The zero-order valence-electron chi connectivity index (χ0n) is 21.2. The van der Waals surface area contributed by atoms with Crippen LogP contribution in [0.5, 0.6) is 5.75 Å². The number of hydrogen-bond acceptors (Lipinski definition) is 5. The Morgan fingerprint density at radius 1 is 1.09 bits per heavy atom. The third kappa shape index (κ3) is 5.82. The Balaban J connectivity index is 2.04. The van der Waals surface area contributed by atoms with Crippen LogP contribution in [-0.2, 0) is 9.59 Å². The van der Waals surface area contributed by atoms with E-state index in [1.807, 2.05) is 24.3 Å². The van der Waals surface area contributed by atoms with Gasteiger partial charge in [-0.2, -0.15) is 0 Å². The lowest BCUT2D eigenvalue weighted by atomic mass is 9.93. The monoisotopic (exact) mass is 476 g/mol. The lowest BCUT2D eigenvalue weighted by Crippen LogP contribution is -2.38. The number of ketones is 1. The molecule has 35 heavy (non-hydrogen) atoms. The van der Waals surface area contributed by atoms with Crippen molar-refractivity contribution in [2.45, 2.75) is 39.7 Å². The van der Waals surface area contributed by atoms with Crippen molar-refractivity contribution in [3.8, 4) is 5.75 Å². The van der Waals surface area contributed by atoms with Gasteiger partial charge in [0.2, 0.25) is 0 Å². The van der Waals surface area contributed by atoms with Gasteiger partial charge in [0.1, 0.15) is 18.1 Å². The highest BCUT2D eigenvalue weighted by Crippen LogP contribution is 2.39. The van der Waals surface area contributed by atoms with Gasteiger partial charge < -0.3 is 19.6 Å². The van der Waals surface area contributed by atoms with Gasteiger partial charge in [-0.15, -0.1) is 0 Å². The van der Waals surface area contributed by atoms with E-state index in [9.17, 15) is 14.7 Å². The van der Waals surface area contributed by atoms with Crippen LogP contribution < -0.4 is 4.74 Å². The number of ether oxygens (including phenoxy) is 1. The number of amides is 1. The van der Waals surface area contributed by atoms with Gasteiger partial charge in [-0.1, -0.05) is 64.6 Å². The Morgan fingerprint density at radius 2 is 1.71 bits per heavy atom. The minimum Gasteiger partial charge on any atom is -0.507 e. The zero-order valence-corrected chi connectivity index (χ0v) is 21.2. The summed E-state index contributed by atoms with van der Waals surface area (Å²) in [5, 5.41) is 11.3. The number of likely N-dealkylation sites (tertiary alicyclic amines) is 1. The van der Waals surface area contributed by atoms with E-state index in [-0.39, 0.29) is 11.3 Å². The molecular formula is C29H36N2O4. The molecule has 6 nitrogen and oxygen atoms in total. The van der Waals surface area contributed by atoms with Crippen LogP contribution in [0.25, 0.3) is 5.76 Å². The fourth-order valence-electron chi connectivity index (χ4n) is 4.33. The first-order chi connectivity index (χ1) is 16.8. The number of nitrogens with zero attached hydrogens (tertiary/aromatic N) is 2. The molecule has 1 aliphatic rings. The second-order valence-corrected chi connectivity index (χ2v) is 8.96. The molecule has 0 aromatic heterocycles. The summed E-state index contributed by atoms with van der Waals surface area (Å²) in [7, 11) is 0. The standard InChI is InChI=1S/C29H36N2O4/c1-6-19-35-24-15-13-23(14-16-24)27(32)25-26(22-11-9-21(10-12-22)20(4)5)31(29(34)28(25)33)18-17-30(7-2)8-3/h6,9-16,20,26,32H,1,7-8,17-19H2,2-5H3. The van der Waals surface area contributed by atoms with E-state index in [1.54, 1.807) is 35.2 Å². The molecule has 1 N–H and O–H groups in total. The van der Waals surface area contributed by atoms with E-state index >= 15 is 0 Å². The van der Waals surface area contributed by atoms with Crippen LogP contribution >= 0.6 is 0 Å². The highest BCUT2D eigenvalue weighted by atomic mass is 16.5. The quantitative estimate of drug-likeness (QED) is 0.211. The van der Waals surface area contributed by atoms with Crippen LogP contribution in [0.15, 0.2) is 66.8 Å². The summed E-state index contributed by atoms with van der Waals surface area (Å²) >= 11 is 0. The normalized spacial score (nSPS) is 17.4. The Bertz CT molecular complexity index is 1070. The van der Waals surface area contributed by atoms with Crippen molar-refractivity contribution in [2.24, 2.45) is 0 Å². The second kappa shape index (κ2) is 11.8. The van der Waals surface area contributed by atoms with E-state index in [0.29, 0.717) is 36.9 Å². The lowest BCUT2D eigenvalue weighted by molar-refractivity contribution is -0.140. The second-order valence-electron chi connectivity index (χ2n) is 8.96. The van der Waals surface area contributed by atoms with Gasteiger partial charge in [0.15, 0.2) is 0 Å². The molecule has 0 saturated carbocycles. The highest BCUT2D eigenvalue weighted by molar-refractivity contribution is 6.46. The molecule has 0 spiro atoms. The minimum absolute atomic E-state index is 0.117. The van der Waals surface area contributed by atoms with Gasteiger partial charge in [0, 0.05) is 18.7 Å². The molecule has 2 aromatic rings. The number of benzene rings is 2. The Morgan fingerprint density at radius 3 is 2.26 bits per heavy atom. The fraction of sp³-hybridized carbons (Fsp3) is 0.379. The molecule has 1 atom stereocenters. The molecule has 3 rings (SSSR count). The van der Waals surface area contributed by atoms with Crippen LogP contribution in [0.1, 0.15) is 56.3 Å². The van der Waals surface area contributed by atoms with Crippen molar-refractivity contribution in [1.82, 2.24) is 9.80 Å². The topological polar surface area (TPSA) is 70.1 Å². The van der Waals surface area contributed by atoms with Gasteiger partial charge in [0.05, 0.1) is 11.6 Å². The van der Waals surface area contributed by atoms with E-state index in [2.05, 4.69) is 39.2 Å². The predicted molar refractivity (Wildman–Crippen MR) is 139 cm³/mol. The van der Waals surface area contributed by atoms with Gasteiger partial charge in [-0.05, 0) is 54.4 Å². The maximum Gasteiger partial charge on any atom is 0.295 e. The van der Waals surface area contributed by atoms with E-state index in [1.165, 1.54) is 5.56 Å². The van der Waals surface area contributed by atoms with Crippen molar-refractivity contribution >= 4 is 17.4 Å². The van der Waals surface area contributed by atoms with E-state index in [0.717, 1.165) is 18.7 Å². The average molecular weight is 477 g/mol. The first-order valence-corrected chi connectivity index (χ1v) is 12.3. The van der Waals surface area contributed by atoms with Crippen LogP contribution in [0.2, 0.25) is 0 Å². The number of aliphatic hydroxyl groups excluding tert-OH is 1. The van der Waals surface area contributed by atoms with Crippen molar-refractivity contribution in [2.75, 3.05) is 32.8 Å². The predicted octanol–water partition coefficient (Wildman–Crippen LogP) is 5.14. The lowest BCUT2D eigenvalue weighted by Gasteiger charge is -2.28. The first-order valence-electron chi connectivity index (χ1n) is 12.3. The van der Waals surface area contributed by atoms with Crippen LogP contribution in [0.3, 0.4) is 0 Å². The largest absolute Gasteiger partial charge is 0.507 e. The molecule has 6 heteroatoms. The minimum atomic E-state index is -0.660. The molecule has 2 aromatic carbocycles. The smallest absolute Gasteiger partial charge is 0.295 e. The van der Waals surface area contributed by atoms with E-state index in [4.69, 9.17) is 4.74 Å². The Kier molecular flexibility index (Phi) is 8.88. The summed E-state index contributed by atoms with van der Waals surface area (Å²) in [6.45, 7) is 15.1. The maximum atomic E-state index is 13.2. The van der Waals surface area contributed by atoms with Crippen LogP contribution in [0, 0.1) is 0 Å². The number of likely N-dealkylation sites (N-methyl/N-ethyl adjacent to an activating group) is 1. The maximum absolute atomic E-state index is 13.2. The summed E-state index contributed by atoms with van der Waals surface area (Å²) < 4.78 is 5.52. The molecular weight excluding hydrogens is 440 g/mol. The molecule has 1 unspecified atom stereocenters. The molecule has 1 saturated heterocycles. The number of hydrogen-bond donors (Lipinski definition) is 1. The van der Waals surface area contributed by atoms with Crippen molar-refractivity contribution in [1.29, 1.82) is 0 Å². The molecule has 1 aliphatic heterocycles. The van der Waals surface area contributed by atoms with Gasteiger partial charge in [0.25, 0.3) is 11.7 Å². The zero-order chi connectivity index (χ0) is 25.5. The molecule has 0 aliphatic carbocycles. The number of Topliss-reactive ketones (excluding diaryl/α,β-unsaturated/α-hetero) is 1. The van der Waals surface area contributed by atoms with Gasteiger partial charge in [-0.3, -0.25) is 9.59 Å². The number of carbonyl (C=O) groups is 2. The Hall–Kier alpha value is -3.38. The molecule has 186 valence electrons. The summed E-state index contributed by atoms with van der Waals surface area (Å²) in [5.41, 5.74) is 2.55. The fourth-order valence-corrected chi connectivity index (χ4v) is 4.33. The van der Waals surface area contributed by atoms with Crippen LogP contribution in [0.4, 0.5) is 0 Å². The molecule has 1 fully saturated rings. The number of aliphatic hydroxyl groups is 1. The van der Waals surface area contributed by atoms with Crippen molar-refractivity contribution < 1.29 is 19.4 Å². The molecule has 1 amide bonds. The number of rotatable bonds is 11. The Labute approximate surface area is 208 Å². The summed E-state index contributed by atoms with van der Waals surface area (Å²) in [6, 6.07) is 14.1. The highest BCUT2D eigenvalue weighted by Gasteiger charge is 2.45. The average Bonchev–Trinajstić information content (AvgIpc) is 3.13. The number of carbonyl (C=O) groups excluding carboxylic acids is 2. The van der Waals surface area contributed by atoms with Gasteiger partial charge in [-0.25, -0.2) is 0 Å². The van der Waals surface area contributed by atoms with Crippen molar-refractivity contribution in [3.05, 3.63) is 83.4 Å². The van der Waals surface area contributed by atoms with E-state index < -0.39 is 17.7 Å². The third-order valence-corrected chi connectivity index (χ3v) is 6.51. The summed E-state index contributed by atoms with van der Waals surface area (Å²) in [5.74, 6) is -0.432. The van der Waals surface area contributed by atoms with Gasteiger partial charge >= 0.3 is 0 Å². The summed E-state index contributed by atoms with van der Waals surface area (Å²) in [6.07, 6.45) is 1.65. The SMILES string of the molecule is C=CCOc1ccc(C(O)=C2C(=O)C(=O)N(CCN(CC)CC)C2c2ccc(C(C)C)cc2)cc1. The third-order valence-electron chi connectivity index (χ3n) is 6.51. The summed E-state index contributed by atoms with van der Waals surface area (Å²) in [4.78, 5) is 30.2. The van der Waals surface area contributed by atoms with Crippen LogP contribution in [-0.4, -0.2) is 59.4 Å². The molecule has 1 heterocycles.